The van der Waals surface area contributed by atoms with Crippen LogP contribution in [0.2, 0.25) is 0 Å². The number of hydrogen-bond donors (Lipinski definition) is 0. The zero-order valence-corrected chi connectivity index (χ0v) is 14.5. The summed E-state index contributed by atoms with van der Waals surface area (Å²) in [6, 6.07) is 2.07. The van der Waals surface area contributed by atoms with Gasteiger partial charge in [-0.3, -0.25) is 19.4 Å². The third kappa shape index (κ3) is 3.99. The van der Waals surface area contributed by atoms with Gasteiger partial charge in [0.05, 0.1) is 11.4 Å². The van der Waals surface area contributed by atoms with Crippen LogP contribution in [0.4, 0.5) is 0 Å². The van der Waals surface area contributed by atoms with E-state index in [1.165, 1.54) is 0 Å². The van der Waals surface area contributed by atoms with Crippen molar-refractivity contribution in [2.45, 2.75) is 52.0 Å². The quantitative estimate of drug-likeness (QED) is 0.846. The second-order valence-corrected chi connectivity index (χ2v) is 6.54. The third-order valence-corrected chi connectivity index (χ3v) is 4.71. The Bertz CT molecular complexity index is 674. The van der Waals surface area contributed by atoms with Crippen LogP contribution >= 0.6 is 0 Å². The lowest BCUT2D eigenvalue weighted by Crippen LogP contribution is -2.38. The van der Waals surface area contributed by atoms with E-state index in [1.807, 2.05) is 22.7 Å². The van der Waals surface area contributed by atoms with Gasteiger partial charge in [-0.15, -0.1) is 0 Å². The van der Waals surface area contributed by atoms with Crippen molar-refractivity contribution >= 4 is 5.91 Å². The van der Waals surface area contributed by atoms with Gasteiger partial charge in [0.2, 0.25) is 5.91 Å². The number of aryl methyl sites for hydroxylation is 3. The molecule has 3 rings (SSSR count). The van der Waals surface area contributed by atoms with Crippen molar-refractivity contribution in [2.75, 3.05) is 13.1 Å². The second kappa shape index (κ2) is 7.55. The molecule has 0 aromatic carbocycles. The molecule has 128 valence electrons. The number of carbonyl (C=O) groups is 1. The van der Waals surface area contributed by atoms with Crippen LogP contribution < -0.4 is 0 Å². The lowest BCUT2D eigenvalue weighted by Gasteiger charge is -2.31. The van der Waals surface area contributed by atoms with Crippen molar-refractivity contribution in [1.29, 1.82) is 0 Å². The fourth-order valence-corrected chi connectivity index (χ4v) is 3.39. The number of rotatable bonds is 5. The van der Waals surface area contributed by atoms with Gasteiger partial charge >= 0.3 is 0 Å². The maximum Gasteiger partial charge on any atom is 0.222 e. The SMILES string of the molecule is Cc1cc(C)n(CCCC(=O)N2CCC(c3cnccn3)CC2)n1. The van der Waals surface area contributed by atoms with Crippen molar-refractivity contribution in [1.82, 2.24) is 24.6 Å². The first-order valence-electron chi connectivity index (χ1n) is 8.68. The number of amides is 1. The van der Waals surface area contributed by atoms with Crippen LogP contribution in [0, 0.1) is 13.8 Å². The second-order valence-electron chi connectivity index (χ2n) is 6.54. The van der Waals surface area contributed by atoms with E-state index in [-0.39, 0.29) is 5.91 Å². The monoisotopic (exact) mass is 327 g/mol. The average Bonchev–Trinajstić information content (AvgIpc) is 2.93. The largest absolute Gasteiger partial charge is 0.343 e. The van der Waals surface area contributed by atoms with Crippen molar-refractivity contribution in [2.24, 2.45) is 0 Å². The molecule has 0 atom stereocenters. The highest BCUT2D eigenvalue weighted by Crippen LogP contribution is 2.26. The summed E-state index contributed by atoms with van der Waals surface area (Å²) < 4.78 is 1.99. The molecular formula is C18H25N5O. The maximum absolute atomic E-state index is 12.4. The van der Waals surface area contributed by atoms with E-state index in [2.05, 4.69) is 28.1 Å². The van der Waals surface area contributed by atoms with Crippen molar-refractivity contribution in [3.8, 4) is 0 Å². The molecule has 6 nitrogen and oxygen atoms in total. The van der Waals surface area contributed by atoms with Gasteiger partial charge in [0.1, 0.15) is 0 Å². The number of likely N-dealkylation sites (tertiary alicyclic amines) is 1. The van der Waals surface area contributed by atoms with E-state index in [1.54, 1.807) is 12.4 Å². The van der Waals surface area contributed by atoms with E-state index in [0.29, 0.717) is 12.3 Å². The van der Waals surface area contributed by atoms with Gasteiger partial charge in [0, 0.05) is 56.3 Å². The van der Waals surface area contributed by atoms with Crippen LogP contribution in [-0.4, -0.2) is 43.6 Å². The number of hydrogen-bond acceptors (Lipinski definition) is 4. The summed E-state index contributed by atoms with van der Waals surface area (Å²) in [5.74, 6) is 0.687. The Kier molecular flexibility index (Phi) is 5.23. The predicted octanol–water partition coefficient (Wildman–Crippen LogP) is 2.48. The van der Waals surface area contributed by atoms with E-state index < -0.39 is 0 Å². The fourth-order valence-electron chi connectivity index (χ4n) is 3.39. The van der Waals surface area contributed by atoms with Crippen molar-refractivity contribution < 1.29 is 4.79 Å². The molecule has 0 bridgehead atoms. The first-order chi connectivity index (χ1) is 11.6. The van der Waals surface area contributed by atoms with Crippen molar-refractivity contribution in [3.05, 3.63) is 41.7 Å². The number of piperidine rings is 1. The average molecular weight is 327 g/mol. The first-order valence-corrected chi connectivity index (χ1v) is 8.68. The van der Waals surface area contributed by atoms with Crippen molar-refractivity contribution in [3.63, 3.8) is 0 Å². The molecule has 3 heterocycles. The zero-order chi connectivity index (χ0) is 16.9. The Morgan fingerprint density at radius 1 is 1.25 bits per heavy atom. The Morgan fingerprint density at radius 3 is 2.67 bits per heavy atom. The van der Waals surface area contributed by atoms with Gasteiger partial charge in [-0.1, -0.05) is 0 Å². The minimum Gasteiger partial charge on any atom is -0.343 e. The molecular weight excluding hydrogens is 302 g/mol. The molecule has 1 aliphatic heterocycles. The molecule has 2 aromatic rings. The summed E-state index contributed by atoms with van der Waals surface area (Å²) >= 11 is 0. The standard InChI is InChI=1S/C18H25N5O/c1-14-12-15(2)23(21-14)9-3-4-18(24)22-10-5-16(6-11-22)17-13-19-7-8-20-17/h7-8,12-13,16H,3-6,9-11H2,1-2H3. The molecule has 2 aromatic heterocycles. The summed E-state index contributed by atoms with van der Waals surface area (Å²) in [6.07, 6.45) is 8.66. The molecule has 6 heteroatoms. The van der Waals surface area contributed by atoms with E-state index in [0.717, 1.165) is 56.0 Å². The highest BCUT2D eigenvalue weighted by Gasteiger charge is 2.24. The molecule has 0 spiro atoms. The molecule has 0 radical (unpaired) electrons. The Labute approximate surface area is 142 Å². The summed E-state index contributed by atoms with van der Waals surface area (Å²) in [6.45, 7) is 6.50. The molecule has 1 aliphatic rings. The predicted molar refractivity (Wildman–Crippen MR) is 91.5 cm³/mol. The summed E-state index contributed by atoms with van der Waals surface area (Å²) in [7, 11) is 0. The van der Waals surface area contributed by atoms with Gasteiger partial charge in [0.15, 0.2) is 0 Å². The number of nitrogens with zero attached hydrogens (tertiary/aromatic N) is 5. The lowest BCUT2D eigenvalue weighted by atomic mass is 9.93. The highest BCUT2D eigenvalue weighted by molar-refractivity contribution is 5.76. The molecule has 0 N–H and O–H groups in total. The summed E-state index contributed by atoms with van der Waals surface area (Å²) in [5, 5.41) is 4.44. The third-order valence-electron chi connectivity index (χ3n) is 4.71. The Morgan fingerprint density at radius 2 is 2.04 bits per heavy atom. The molecule has 0 saturated carbocycles. The lowest BCUT2D eigenvalue weighted by molar-refractivity contribution is -0.132. The van der Waals surface area contributed by atoms with Gasteiger partial charge in [0.25, 0.3) is 0 Å². The Balaban J connectivity index is 1.43. The van der Waals surface area contributed by atoms with Crippen LogP contribution in [0.25, 0.3) is 0 Å². The molecule has 1 fully saturated rings. The van der Waals surface area contributed by atoms with Crippen LogP contribution in [0.5, 0.6) is 0 Å². The smallest absolute Gasteiger partial charge is 0.222 e. The summed E-state index contributed by atoms with van der Waals surface area (Å²) in [5.41, 5.74) is 3.24. The van der Waals surface area contributed by atoms with Gasteiger partial charge in [-0.25, -0.2) is 0 Å². The maximum atomic E-state index is 12.4. The topological polar surface area (TPSA) is 63.9 Å². The fraction of sp³-hybridized carbons (Fsp3) is 0.556. The number of carbonyl (C=O) groups excluding carboxylic acids is 1. The van der Waals surface area contributed by atoms with Crippen LogP contribution in [0.1, 0.15) is 48.7 Å². The van der Waals surface area contributed by atoms with E-state index in [4.69, 9.17) is 0 Å². The highest BCUT2D eigenvalue weighted by atomic mass is 16.2. The van der Waals surface area contributed by atoms with Crippen LogP contribution in [0.3, 0.4) is 0 Å². The normalized spacial score (nSPS) is 15.7. The van der Waals surface area contributed by atoms with Crippen LogP contribution in [-0.2, 0) is 11.3 Å². The molecule has 1 amide bonds. The zero-order valence-electron chi connectivity index (χ0n) is 14.5. The van der Waals surface area contributed by atoms with Gasteiger partial charge in [-0.2, -0.15) is 5.10 Å². The Hall–Kier alpha value is -2.24. The molecule has 1 saturated heterocycles. The minimum absolute atomic E-state index is 0.258. The first kappa shape index (κ1) is 16.6. The van der Waals surface area contributed by atoms with E-state index in [9.17, 15) is 4.79 Å². The molecule has 0 aliphatic carbocycles. The molecule has 0 unspecified atom stereocenters. The van der Waals surface area contributed by atoms with E-state index >= 15 is 0 Å². The summed E-state index contributed by atoms with van der Waals surface area (Å²) in [4.78, 5) is 22.9. The molecule has 24 heavy (non-hydrogen) atoms. The van der Waals surface area contributed by atoms with Crippen LogP contribution in [0.15, 0.2) is 24.7 Å². The van der Waals surface area contributed by atoms with Gasteiger partial charge in [-0.05, 0) is 39.2 Å². The minimum atomic E-state index is 0.258. The number of aromatic nitrogens is 4. The van der Waals surface area contributed by atoms with Gasteiger partial charge < -0.3 is 4.90 Å².